The maximum atomic E-state index is 12.8. The number of likely N-dealkylation sites (tertiary alicyclic amines) is 1. The fraction of sp³-hybridized carbons (Fsp3) is 0.600. The van der Waals surface area contributed by atoms with Crippen molar-refractivity contribution in [2.45, 2.75) is 50.5 Å². The highest BCUT2D eigenvalue weighted by molar-refractivity contribution is 7.10. The van der Waals surface area contributed by atoms with Crippen LogP contribution in [0.15, 0.2) is 11.4 Å². The predicted molar refractivity (Wildman–Crippen MR) is 75.0 cm³/mol. The lowest BCUT2D eigenvalue weighted by Crippen LogP contribution is -2.45. The molecule has 2 aliphatic rings. The molecule has 2 atom stereocenters. The van der Waals surface area contributed by atoms with Gasteiger partial charge in [-0.1, -0.05) is 0 Å². The Morgan fingerprint density at radius 3 is 3.11 bits per heavy atom. The lowest BCUT2D eigenvalue weighted by Gasteiger charge is -2.35. The third kappa shape index (κ3) is 2.28. The van der Waals surface area contributed by atoms with E-state index in [4.69, 9.17) is 0 Å². The zero-order valence-corrected chi connectivity index (χ0v) is 11.8. The first-order valence-corrected chi connectivity index (χ1v) is 7.95. The Morgan fingerprint density at radius 1 is 1.37 bits per heavy atom. The molecule has 100 valence electrons. The largest absolute Gasteiger partial charge is 0.326 e. The van der Waals surface area contributed by atoms with Crippen molar-refractivity contribution in [1.82, 2.24) is 4.90 Å². The smallest absolute Gasteiger partial charge is 0.231 e. The summed E-state index contributed by atoms with van der Waals surface area (Å²) in [7, 11) is 0. The predicted octanol–water partition coefficient (Wildman–Crippen LogP) is 3.07. The third-order valence-electron chi connectivity index (χ3n) is 4.28. The third-order valence-corrected chi connectivity index (χ3v) is 5.28. The van der Waals surface area contributed by atoms with Crippen LogP contribution in [0.4, 0.5) is 0 Å². The first kappa shape index (κ1) is 12.7. The first-order valence-electron chi connectivity index (χ1n) is 7.07. The monoisotopic (exact) mass is 274 g/mol. The second kappa shape index (κ2) is 5.34. The van der Waals surface area contributed by atoms with Gasteiger partial charge in [0.05, 0.1) is 12.0 Å². The van der Waals surface area contributed by atoms with Gasteiger partial charge in [-0.05, 0) is 55.5 Å². The van der Waals surface area contributed by atoms with Crippen molar-refractivity contribution < 1.29 is 4.79 Å². The number of nitrogens with zero attached hydrogens (tertiary/aromatic N) is 2. The fourth-order valence-electron chi connectivity index (χ4n) is 3.27. The van der Waals surface area contributed by atoms with Crippen molar-refractivity contribution >= 4 is 17.2 Å². The molecule has 3 nitrogen and oxygen atoms in total. The molecule has 1 aromatic heterocycles. The standard InChI is InChI=1S/C15H18N2OS/c16-10-11-4-1-2-8-17(11)15(18)13-5-3-6-14-12(13)7-9-19-14/h7,9,11,13H,1-6,8H2. The summed E-state index contributed by atoms with van der Waals surface area (Å²) < 4.78 is 0. The molecular formula is C15H18N2OS. The maximum absolute atomic E-state index is 12.8. The number of nitriles is 1. The molecular weight excluding hydrogens is 256 g/mol. The van der Waals surface area contributed by atoms with E-state index in [9.17, 15) is 10.1 Å². The summed E-state index contributed by atoms with van der Waals surface area (Å²) in [5.74, 6) is 0.189. The molecule has 0 N–H and O–H groups in total. The van der Waals surface area contributed by atoms with E-state index in [1.807, 2.05) is 4.90 Å². The molecule has 0 aromatic carbocycles. The number of aryl methyl sites for hydroxylation is 1. The molecule has 0 saturated carbocycles. The Morgan fingerprint density at radius 2 is 2.26 bits per heavy atom. The summed E-state index contributed by atoms with van der Waals surface area (Å²) in [5, 5.41) is 11.3. The quantitative estimate of drug-likeness (QED) is 0.790. The Hall–Kier alpha value is -1.34. The summed E-state index contributed by atoms with van der Waals surface area (Å²) in [6, 6.07) is 4.20. The molecule has 19 heavy (non-hydrogen) atoms. The molecule has 2 unspecified atom stereocenters. The number of rotatable bonds is 1. The first-order chi connectivity index (χ1) is 9.31. The molecule has 0 bridgehead atoms. The maximum Gasteiger partial charge on any atom is 0.231 e. The zero-order chi connectivity index (χ0) is 13.2. The minimum Gasteiger partial charge on any atom is -0.326 e. The normalized spacial score (nSPS) is 26.6. The van der Waals surface area contributed by atoms with Crippen LogP contribution in [-0.4, -0.2) is 23.4 Å². The number of fused-ring (bicyclic) bond motifs is 1. The summed E-state index contributed by atoms with van der Waals surface area (Å²) in [4.78, 5) is 16.0. The molecule has 1 aromatic rings. The lowest BCUT2D eigenvalue weighted by atomic mass is 9.86. The number of piperidine rings is 1. The van der Waals surface area contributed by atoms with Crippen LogP contribution in [0.1, 0.15) is 48.5 Å². The van der Waals surface area contributed by atoms with Gasteiger partial charge in [-0.15, -0.1) is 11.3 Å². The van der Waals surface area contributed by atoms with Crippen LogP contribution in [0.5, 0.6) is 0 Å². The van der Waals surface area contributed by atoms with Crippen LogP contribution < -0.4 is 0 Å². The summed E-state index contributed by atoms with van der Waals surface area (Å²) in [6.07, 6.45) is 6.08. The van der Waals surface area contributed by atoms with Gasteiger partial charge in [-0.3, -0.25) is 4.79 Å². The highest BCUT2D eigenvalue weighted by Crippen LogP contribution is 2.37. The van der Waals surface area contributed by atoms with Crippen molar-refractivity contribution in [2.75, 3.05) is 6.54 Å². The average molecular weight is 274 g/mol. The lowest BCUT2D eigenvalue weighted by molar-refractivity contribution is -0.135. The molecule has 1 aliphatic heterocycles. The van der Waals surface area contributed by atoms with Gasteiger partial charge in [0.1, 0.15) is 6.04 Å². The van der Waals surface area contributed by atoms with Gasteiger partial charge < -0.3 is 4.90 Å². The van der Waals surface area contributed by atoms with Gasteiger partial charge in [0.2, 0.25) is 5.91 Å². The number of amides is 1. The molecule has 1 amide bonds. The van der Waals surface area contributed by atoms with Crippen LogP contribution in [-0.2, 0) is 11.2 Å². The molecule has 1 fully saturated rings. The Bertz CT molecular complexity index is 516. The van der Waals surface area contributed by atoms with E-state index < -0.39 is 0 Å². The summed E-state index contributed by atoms with van der Waals surface area (Å²) in [6.45, 7) is 0.757. The number of hydrogen-bond donors (Lipinski definition) is 0. The van der Waals surface area contributed by atoms with E-state index in [0.717, 1.165) is 45.1 Å². The van der Waals surface area contributed by atoms with Crippen LogP contribution in [0, 0.1) is 11.3 Å². The number of carbonyl (C=O) groups is 1. The highest BCUT2D eigenvalue weighted by atomic mass is 32.1. The van der Waals surface area contributed by atoms with Crippen LogP contribution in [0.2, 0.25) is 0 Å². The molecule has 4 heteroatoms. The van der Waals surface area contributed by atoms with E-state index >= 15 is 0 Å². The minimum atomic E-state index is -0.203. The van der Waals surface area contributed by atoms with E-state index in [0.29, 0.717) is 0 Å². The van der Waals surface area contributed by atoms with E-state index in [-0.39, 0.29) is 17.9 Å². The van der Waals surface area contributed by atoms with Crippen molar-refractivity contribution in [3.63, 3.8) is 0 Å². The molecule has 3 rings (SSSR count). The highest BCUT2D eigenvalue weighted by Gasteiger charge is 2.34. The second-order valence-corrected chi connectivity index (χ2v) is 6.42. The van der Waals surface area contributed by atoms with Gasteiger partial charge in [0, 0.05) is 11.4 Å². The number of carbonyl (C=O) groups excluding carboxylic acids is 1. The Kier molecular flexibility index (Phi) is 3.56. The van der Waals surface area contributed by atoms with Gasteiger partial charge in [-0.25, -0.2) is 0 Å². The molecule has 1 aliphatic carbocycles. The van der Waals surface area contributed by atoms with Crippen LogP contribution in [0.25, 0.3) is 0 Å². The average Bonchev–Trinajstić information content (AvgIpc) is 2.94. The van der Waals surface area contributed by atoms with E-state index in [1.54, 1.807) is 11.3 Å². The fourth-order valence-corrected chi connectivity index (χ4v) is 4.26. The summed E-state index contributed by atoms with van der Waals surface area (Å²) >= 11 is 1.76. The minimum absolute atomic E-state index is 0.00366. The van der Waals surface area contributed by atoms with Gasteiger partial charge in [-0.2, -0.15) is 5.26 Å². The van der Waals surface area contributed by atoms with Gasteiger partial charge >= 0.3 is 0 Å². The molecule has 1 saturated heterocycles. The van der Waals surface area contributed by atoms with Crippen molar-refractivity contribution in [3.8, 4) is 6.07 Å². The molecule has 2 heterocycles. The van der Waals surface area contributed by atoms with Gasteiger partial charge in [0.15, 0.2) is 0 Å². The summed E-state index contributed by atoms with van der Waals surface area (Å²) in [5.41, 5.74) is 1.23. The Labute approximate surface area is 117 Å². The van der Waals surface area contributed by atoms with Crippen molar-refractivity contribution in [2.24, 2.45) is 0 Å². The van der Waals surface area contributed by atoms with Crippen LogP contribution >= 0.6 is 11.3 Å². The molecule has 0 radical (unpaired) electrons. The second-order valence-electron chi connectivity index (χ2n) is 5.42. The molecule has 0 spiro atoms. The van der Waals surface area contributed by atoms with Crippen molar-refractivity contribution in [1.29, 1.82) is 5.26 Å². The van der Waals surface area contributed by atoms with Crippen molar-refractivity contribution in [3.05, 3.63) is 21.9 Å². The topological polar surface area (TPSA) is 44.1 Å². The zero-order valence-electron chi connectivity index (χ0n) is 11.0. The Balaban J connectivity index is 1.83. The number of hydrogen-bond acceptors (Lipinski definition) is 3. The van der Waals surface area contributed by atoms with E-state index in [2.05, 4.69) is 17.5 Å². The SMILES string of the molecule is N#CC1CCCCN1C(=O)C1CCCc2sccc21. The van der Waals surface area contributed by atoms with Gasteiger partial charge in [0.25, 0.3) is 0 Å². The number of thiophene rings is 1. The van der Waals surface area contributed by atoms with Crippen LogP contribution in [0.3, 0.4) is 0 Å². The van der Waals surface area contributed by atoms with E-state index in [1.165, 1.54) is 10.4 Å².